The smallest absolute Gasteiger partial charge is 0.130 e. The van der Waals surface area contributed by atoms with Crippen molar-refractivity contribution in [2.75, 3.05) is 0 Å². The van der Waals surface area contributed by atoms with E-state index in [4.69, 9.17) is 4.42 Å². The first-order chi connectivity index (χ1) is 25.5. The van der Waals surface area contributed by atoms with Gasteiger partial charge < -0.3 is 9.40 Å². The van der Waals surface area contributed by atoms with Gasteiger partial charge in [0.05, 0.1) is 25.3 Å². The van der Waals surface area contributed by atoms with E-state index in [1.54, 1.807) is 6.33 Å². The molecule has 0 unspecified atom stereocenters. The van der Waals surface area contributed by atoms with Crippen LogP contribution in [0.25, 0.3) is 66.7 Å². The molecular formula is C47H40IrN4OSi-2. The van der Waals surface area contributed by atoms with E-state index in [0.717, 1.165) is 61.2 Å². The summed E-state index contributed by atoms with van der Waals surface area (Å²) in [6, 6.07) is 49.4. The summed E-state index contributed by atoms with van der Waals surface area (Å²) in [5.74, 6) is 0. The van der Waals surface area contributed by atoms with Gasteiger partial charge in [0.1, 0.15) is 11.9 Å². The molecule has 0 atom stereocenters. The van der Waals surface area contributed by atoms with Gasteiger partial charge in [0.15, 0.2) is 0 Å². The van der Waals surface area contributed by atoms with E-state index in [1.807, 2.05) is 79.0 Å². The summed E-state index contributed by atoms with van der Waals surface area (Å²) in [5.41, 5.74) is 10.4. The van der Waals surface area contributed by atoms with Crippen LogP contribution in [0.1, 0.15) is 32.0 Å². The molecule has 5 nitrogen and oxygen atoms in total. The van der Waals surface area contributed by atoms with Gasteiger partial charge in [-0.3, -0.25) is 4.98 Å². The maximum Gasteiger partial charge on any atom is 0.130 e. The van der Waals surface area contributed by atoms with Gasteiger partial charge in [-0.15, -0.1) is 54.1 Å². The summed E-state index contributed by atoms with van der Waals surface area (Å²) < 4.78 is 6.56. The maximum absolute atomic E-state index is 9.97. The number of hydrogen-bond donors (Lipinski definition) is 0. The number of nitriles is 1. The number of rotatable bonds is 5. The largest absolute Gasteiger partial charge is 0.500 e. The molecule has 0 N–H and O–H groups in total. The van der Waals surface area contributed by atoms with Crippen LogP contribution in [0.2, 0.25) is 19.6 Å². The Balaban J connectivity index is 0.000000246. The predicted octanol–water partition coefficient (Wildman–Crippen LogP) is 11.4. The molecule has 3 heterocycles. The van der Waals surface area contributed by atoms with Crippen molar-refractivity contribution in [3.05, 3.63) is 157 Å². The summed E-state index contributed by atoms with van der Waals surface area (Å²) in [6.45, 7) is 13.4. The van der Waals surface area contributed by atoms with Crippen LogP contribution in [0.5, 0.6) is 0 Å². The Morgan fingerprint density at radius 1 is 0.667 bits per heavy atom. The summed E-state index contributed by atoms with van der Waals surface area (Å²) in [4.78, 5) is 13.5. The third-order valence-corrected chi connectivity index (χ3v) is 11.3. The molecular weight excluding hydrogens is 857 g/mol. The fourth-order valence-electron chi connectivity index (χ4n) is 6.29. The van der Waals surface area contributed by atoms with Gasteiger partial charge >= 0.3 is 0 Å². The van der Waals surface area contributed by atoms with Gasteiger partial charge in [-0.05, 0) is 39.3 Å². The van der Waals surface area contributed by atoms with Crippen molar-refractivity contribution in [2.45, 2.75) is 45.8 Å². The molecule has 0 spiro atoms. The standard InChI is InChI=1S/C33H24N3O.C14H16NSi.Ir/c1-33(2,3)29-18-28(35-20-36-29)27-11-7-10-25-26-17-16-24(19-34)30(32(26)37-31(25)27)23-14-12-22(13-15-23)21-8-5-4-6-9-21;1-16(2,3)13-9-10-14(15-11-13)12-7-5-4-6-8-12;/h4-10,12-18,20H,1-3H3;4-7,9-11H,1-3H3;/q2*-1;. The van der Waals surface area contributed by atoms with Gasteiger partial charge in [-0.1, -0.05) is 130 Å². The van der Waals surface area contributed by atoms with Gasteiger partial charge in [0, 0.05) is 48.4 Å². The molecule has 3 aromatic heterocycles. The van der Waals surface area contributed by atoms with Crippen LogP contribution in [0, 0.1) is 23.5 Å². The number of benzene rings is 5. The molecule has 7 heteroatoms. The maximum atomic E-state index is 9.97. The quantitative estimate of drug-likeness (QED) is 0.127. The SMILES string of the molecule is CC(C)(C)c1cc(-c2[c-]ccc3c2oc2c(-c4ccc(-c5ccccc5)cc4)c(C#N)ccc23)ncn1.C[Si](C)(C)c1ccc(-c2[c-]cccc2)nc1.[Ir]. The number of pyridine rings is 1. The van der Waals surface area contributed by atoms with Crippen molar-refractivity contribution >= 4 is 35.2 Å². The first kappa shape index (κ1) is 38.2. The first-order valence-corrected chi connectivity index (χ1v) is 21.2. The van der Waals surface area contributed by atoms with Crippen LogP contribution in [0.4, 0.5) is 0 Å². The Hall–Kier alpha value is -5.51. The normalized spacial score (nSPS) is 11.4. The molecule has 0 saturated heterocycles. The second-order valence-electron chi connectivity index (χ2n) is 15.1. The Labute approximate surface area is 332 Å². The van der Waals surface area contributed by atoms with Crippen LogP contribution in [0.3, 0.4) is 0 Å². The van der Waals surface area contributed by atoms with Crippen molar-refractivity contribution in [1.29, 1.82) is 5.26 Å². The Kier molecular flexibility index (Phi) is 11.2. The zero-order valence-corrected chi connectivity index (χ0v) is 34.6. The monoisotopic (exact) mass is 897 g/mol. The topological polar surface area (TPSA) is 75.6 Å². The summed E-state index contributed by atoms with van der Waals surface area (Å²) >= 11 is 0. The van der Waals surface area contributed by atoms with Crippen LogP contribution >= 0.6 is 0 Å². The van der Waals surface area contributed by atoms with Crippen molar-refractivity contribution in [3.8, 4) is 50.8 Å². The average Bonchev–Trinajstić information content (AvgIpc) is 3.57. The summed E-state index contributed by atoms with van der Waals surface area (Å²) in [5, 5.41) is 13.3. The third-order valence-electron chi connectivity index (χ3n) is 9.31. The van der Waals surface area contributed by atoms with Crippen molar-refractivity contribution in [1.82, 2.24) is 15.0 Å². The number of furan rings is 1. The minimum Gasteiger partial charge on any atom is -0.500 e. The van der Waals surface area contributed by atoms with Gasteiger partial charge in [0.25, 0.3) is 0 Å². The van der Waals surface area contributed by atoms with Crippen molar-refractivity contribution < 1.29 is 24.5 Å². The third kappa shape index (κ3) is 8.02. The molecule has 0 amide bonds. The fraction of sp³-hybridized carbons (Fsp3) is 0.149. The van der Waals surface area contributed by atoms with Gasteiger partial charge in [-0.2, -0.15) is 5.26 Å². The van der Waals surface area contributed by atoms with Crippen LogP contribution in [0.15, 0.2) is 138 Å². The molecule has 269 valence electrons. The zero-order valence-electron chi connectivity index (χ0n) is 31.2. The predicted molar refractivity (Wildman–Crippen MR) is 219 cm³/mol. The molecule has 54 heavy (non-hydrogen) atoms. The van der Waals surface area contributed by atoms with Crippen molar-refractivity contribution in [3.63, 3.8) is 0 Å². The van der Waals surface area contributed by atoms with E-state index in [-0.39, 0.29) is 25.5 Å². The molecule has 0 aliphatic rings. The Morgan fingerprint density at radius 2 is 1.37 bits per heavy atom. The molecule has 5 aromatic carbocycles. The second kappa shape index (κ2) is 15.8. The summed E-state index contributed by atoms with van der Waals surface area (Å²) in [6.07, 6.45) is 3.61. The van der Waals surface area contributed by atoms with E-state index >= 15 is 0 Å². The van der Waals surface area contributed by atoms with E-state index in [1.165, 1.54) is 5.19 Å². The number of hydrogen-bond acceptors (Lipinski definition) is 5. The molecule has 1 radical (unpaired) electrons. The molecule has 8 aromatic rings. The van der Waals surface area contributed by atoms with E-state index in [0.29, 0.717) is 16.7 Å². The molecule has 0 saturated carbocycles. The first-order valence-electron chi connectivity index (χ1n) is 17.7. The second-order valence-corrected chi connectivity index (χ2v) is 20.2. The molecule has 0 bridgehead atoms. The Morgan fingerprint density at radius 3 is 2.02 bits per heavy atom. The van der Waals surface area contributed by atoms with E-state index in [9.17, 15) is 5.26 Å². The van der Waals surface area contributed by atoms with E-state index < -0.39 is 8.07 Å². The molecule has 0 fully saturated rings. The van der Waals surface area contributed by atoms with Crippen LogP contribution in [-0.4, -0.2) is 23.0 Å². The van der Waals surface area contributed by atoms with Crippen LogP contribution in [-0.2, 0) is 25.5 Å². The molecule has 0 aliphatic carbocycles. The van der Waals surface area contributed by atoms with Gasteiger partial charge in [-0.25, -0.2) is 4.98 Å². The Bertz CT molecular complexity index is 2560. The van der Waals surface area contributed by atoms with Crippen LogP contribution < -0.4 is 5.19 Å². The number of fused-ring (bicyclic) bond motifs is 3. The van der Waals surface area contributed by atoms with Crippen molar-refractivity contribution in [2.24, 2.45) is 0 Å². The number of aromatic nitrogens is 3. The fourth-order valence-corrected chi connectivity index (χ4v) is 7.32. The average molecular weight is 897 g/mol. The zero-order chi connectivity index (χ0) is 37.2. The minimum absolute atomic E-state index is 0. The van der Waals surface area contributed by atoms with E-state index in [2.05, 4.69) is 122 Å². The minimum atomic E-state index is -1.23. The molecule has 0 aliphatic heterocycles. The number of nitrogens with zero attached hydrogens (tertiary/aromatic N) is 4. The summed E-state index contributed by atoms with van der Waals surface area (Å²) in [7, 11) is -1.23. The van der Waals surface area contributed by atoms with Gasteiger partial charge in [0.2, 0.25) is 0 Å². The molecule has 8 rings (SSSR count).